The summed E-state index contributed by atoms with van der Waals surface area (Å²) in [6, 6.07) is 15.1. The van der Waals surface area contributed by atoms with Crippen molar-refractivity contribution in [1.29, 1.82) is 0 Å². The first-order valence-corrected chi connectivity index (χ1v) is 8.14. The Morgan fingerprint density at radius 1 is 1.00 bits per heavy atom. The van der Waals surface area contributed by atoms with Crippen LogP contribution in [0.5, 0.6) is 5.75 Å². The van der Waals surface area contributed by atoms with Crippen LogP contribution in [0.4, 0.5) is 5.82 Å². The smallest absolute Gasteiger partial charge is 0.130 e. The third-order valence-corrected chi connectivity index (χ3v) is 4.11. The second kappa shape index (κ2) is 7.32. The number of hydrogen-bond donors (Lipinski definition) is 3. The molecule has 3 aromatic rings. The van der Waals surface area contributed by atoms with Crippen LogP contribution in [0.15, 0.2) is 54.9 Å². The number of aromatic hydroxyl groups is 1. The van der Waals surface area contributed by atoms with Crippen molar-refractivity contribution in [2.45, 2.75) is 20.0 Å². The van der Waals surface area contributed by atoms with E-state index in [-0.39, 0.29) is 0 Å². The molecule has 128 valence electrons. The van der Waals surface area contributed by atoms with Gasteiger partial charge in [0.1, 0.15) is 17.9 Å². The van der Waals surface area contributed by atoms with Crippen LogP contribution in [-0.2, 0) is 0 Å². The highest BCUT2D eigenvalue weighted by atomic mass is 16.3. The molecule has 0 fully saturated rings. The molecule has 3 N–H and O–H groups in total. The molecule has 0 radical (unpaired) electrons. The summed E-state index contributed by atoms with van der Waals surface area (Å²) in [7, 11) is 0. The lowest BCUT2D eigenvalue weighted by atomic mass is 10.0. The van der Waals surface area contributed by atoms with E-state index in [9.17, 15) is 10.2 Å². The minimum atomic E-state index is -0.613. The Morgan fingerprint density at radius 3 is 2.36 bits per heavy atom. The van der Waals surface area contributed by atoms with Gasteiger partial charge in [0.15, 0.2) is 0 Å². The van der Waals surface area contributed by atoms with Gasteiger partial charge in [0, 0.05) is 18.2 Å². The largest absolute Gasteiger partial charge is 0.507 e. The maximum atomic E-state index is 10.2. The molecule has 1 atom stereocenters. The number of rotatable bonds is 5. The Morgan fingerprint density at radius 2 is 1.68 bits per heavy atom. The number of phenolic OH excluding ortho intramolecular Hbond substituents is 1. The third kappa shape index (κ3) is 3.95. The summed E-state index contributed by atoms with van der Waals surface area (Å²) in [4.78, 5) is 8.52. The predicted octanol–water partition coefficient (Wildman–Crippen LogP) is 3.61. The summed E-state index contributed by atoms with van der Waals surface area (Å²) in [5, 5.41) is 23.3. The van der Waals surface area contributed by atoms with Gasteiger partial charge in [0.25, 0.3) is 0 Å². The second-order valence-corrected chi connectivity index (χ2v) is 6.05. The molecule has 0 spiro atoms. The Hall–Kier alpha value is -2.92. The zero-order valence-corrected chi connectivity index (χ0v) is 14.3. The number of hydrogen-bond acceptors (Lipinski definition) is 5. The van der Waals surface area contributed by atoms with E-state index in [0.29, 0.717) is 18.1 Å². The molecule has 0 saturated carbocycles. The minimum absolute atomic E-state index is 0.308. The summed E-state index contributed by atoms with van der Waals surface area (Å²) in [6.45, 7) is 4.08. The molecule has 1 aromatic heterocycles. The van der Waals surface area contributed by atoms with Crippen LogP contribution in [0.2, 0.25) is 0 Å². The molecule has 0 aliphatic carbocycles. The summed E-state index contributed by atoms with van der Waals surface area (Å²) < 4.78 is 0. The fraction of sp³-hybridized carbons (Fsp3) is 0.200. The molecule has 0 saturated heterocycles. The standard InChI is InChI=1S/C20H21N3O2/c1-13-8-16(9-14(2)20(13)25)17-10-19(23-12-22-17)21-11-18(24)15-6-4-3-5-7-15/h3-10,12,18,24-25H,11H2,1-2H3,(H,21,22,23). The molecule has 5 heteroatoms. The van der Waals surface area contributed by atoms with Crippen LogP contribution in [0.25, 0.3) is 11.3 Å². The first-order valence-electron chi connectivity index (χ1n) is 8.14. The van der Waals surface area contributed by atoms with Gasteiger partial charge >= 0.3 is 0 Å². The van der Waals surface area contributed by atoms with Gasteiger partial charge in [0.2, 0.25) is 0 Å². The molecular formula is C20H21N3O2. The number of nitrogens with one attached hydrogen (secondary N) is 1. The van der Waals surface area contributed by atoms with E-state index in [1.54, 1.807) is 0 Å². The molecule has 0 bridgehead atoms. The average Bonchev–Trinajstić information content (AvgIpc) is 2.64. The van der Waals surface area contributed by atoms with Crippen molar-refractivity contribution in [3.05, 3.63) is 71.5 Å². The highest BCUT2D eigenvalue weighted by molar-refractivity contribution is 5.66. The van der Waals surface area contributed by atoms with Gasteiger partial charge in [-0.05, 0) is 42.7 Å². The zero-order chi connectivity index (χ0) is 17.8. The van der Waals surface area contributed by atoms with Crippen molar-refractivity contribution in [2.24, 2.45) is 0 Å². The lowest BCUT2D eigenvalue weighted by Crippen LogP contribution is -2.13. The zero-order valence-electron chi connectivity index (χ0n) is 14.3. The summed E-state index contributed by atoms with van der Waals surface area (Å²) >= 11 is 0. The molecule has 0 aliphatic heterocycles. The predicted molar refractivity (Wildman–Crippen MR) is 98.5 cm³/mol. The average molecular weight is 335 g/mol. The Bertz CT molecular complexity index is 843. The lowest BCUT2D eigenvalue weighted by Gasteiger charge is -2.13. The van der Waals surface area contributed by atoms with Gasteiger partial charge in [-0.15, -0.1) is 0 Å². The van der Waals surface area contributed by atoms with Crippen molar-refractivity contribution in [3.8, 4) is 17.0 Å². The number of phenols is 1. The van der Waals surface area contributed by atoms with Crippen LogP contribution in [0.1, 0.15) is 22.8 Å². The summed E-state index contributed by atoms with van der Waals surface area (Å²) in [6.07, 6.45) is 0.877. The highest BCUT2D eigenvalue weighted by Gasteiger charge is 2.09. The van der Waals surface area contributed by atoms with Crippen molar-refractivity contribution in [3.63, 3.8) is 0 Å². The fourth-order valence-electron chi connectivity index (χ4n) is 2.71. The van der Waals surface area contributed by atoms with Crippen molar-refractivity contribution >= 4 is 5.82 Å². The Labute approximate surface area is 147 Å². The highest BCUT2D eigenvalue weighted by Crippen LogP contribution is 2.28. The second-order valence-electron chi connectivity index (χ2n) is 6.05. The SMILES string of the molecule is Cc1cc(-c2cc(NCC(O)c3ccccc3)ncn2)cc(C)c1O. The molecular weight excluding hydrogens is 314 g/mol. The van der Waals surface area contributed by atoms with E-state index >= 15 is 0 Å². The van der Waals surface area contributed by atoms with E-state index in [0.717, 1.165) is 27.9 Å². The van der Waals surface area contributed by atoms with E-state index in [2.05, 4.69) is 15.3 Å². The molecule has 0 aliphatic rings. The number of aryl methyl sites for hydroxylation is 2. The molecule has 1 unspecified atom stereocenters. The van der Waals surface area contributed by atoms with Crippen LogP contribution in [0, 0.1) is 13.8 Å². The Balaban J connectivity index is 1.76. The first-order chi connectivity index (χ1) is 12.0. The molecule has 1 heterocycles. The van der Waals surface area contributed by atoms with Crippen molar-refractivity contribution in [1.82, 2.24) is 9.97 Å². The number of nitrogens with zero attached hydrogens (tertiary/aromatic N) is 2. The summed E-state index contributed by atoms with van der Waals surface area (Å²) in [5.74, 6) is 0.950. The van der Waals surface area contributed by atoms with Gasteiger partial charge < -0.3 is 15.5 Å². The van der Waals surface area contributed by atoms with Crippen LogP contribution >= 0.6 is 0 Å². The quantitative estimate of drug-likeness (QED) is 0.664. The van der Waals surface area contributed by atoms with Gasteiger partial charge in [-0.3, -0.25) is 0 Å². The van der Waals surface area contributed by atoms with E-state index in [4.69, 9.17) is 0 Å². The van der Waals surface area contributed by atoms with Crippen molar-refractivity contribution in [2.75, 3.05) is 11.9 Å². The molecule has 3 rings (SSSR count). The fourth-order valence-corrected chi connectivity index (χ4v) is 2.71. The number of anilines is 1. The molecule has 5 nitrogen and oxygen atoms in total. The van der Waals surface area contributed by atoms with E-state index in [1.165, 1.54) is 6.33 Å². The van der Waals surface area contributed by atoms with Crippen molar-refractivity contribution < 1.29 is 10.2 Å². The number of benzene rings is 2. The maximum Gasteiger partial charge on any atom is 0.130 e. The first kappa shape index (κ1) is 16.9. The van der Waals surface area contributed by atoms with E-state index < -0.39 is 6.10 Å². The molecule has 2 aromatic carbocycles. The minimum Gasteiger partial charge on any atom is -0.507 e. The van der Waals surface area contributed by atoms with E-state index in [1.807, 2.05) is 62.4 Å². The van der Waals surface area contributed by atoms with Crippen LogP contribution in [-0.4, -0.2) is 26.7 Å². The molecule has 25 heavy (non-hydrogen) atoms. The van der Waals surface area contributed by atoms with Gasteiger partial charge in [-0.2, -0.15) is 0 Å². The van der Waals surface area contributed by atoms with Crippen LogP contribution < -0.4 is 5.32 Å². The number of aliphatic hydroxyl groups is 1. The Kier molecular flexibility index (Phi) is 4.95. The van der Waals surface area contributed by atoms with Crippen LogP contribution in [0.3, 0.4) is 0 Å². The molecule has 0 amide bonds. The lowest BCUT2D eigenvalue weighted by molar-refractivity contribution is 0.191. The summed E-state index contributed by atoms with van der Waals surface area (Å²) in [5.41, 5.74) is 4.15. The normalized spacial score (nSPS) is 12.0. The monoisotopic (exact) mass is 335 g/mol. The number of aromatic nitrogens is 2. The maximum absolute atomic E-state index is 10.2. The van der Waals surface area contributed by atoms with Gasteiger partial charge in [-0.25, -0.2) is 9.97 Å². The number of aliphatic hydroxyl groups excluding tert-OH is 1. The van der Waals surface area contributed by atoms with Gasteiger partial charge in [0.05, 0.1) is 11.8 Å². The van der Waals surface area contributed by atoms with Gasteiger partial charge in [-0.1, -0.05) is 30.3 Å². The third-order valence-electron chi connectivity index (χ3n) is 4.11. The topological polar surface area (TPSA) is 78.3 Å².